The second kappa shape index (κ2) is 76.9. The summed E-state index contributed by atoms with van der Waals surface area (Å²) in [5, 5.41) is 0. The van der Waals surface area contributed by atoms with Crippen molar-refractivity contribution >= 4 is 39.7 Å². The SMILES string of the molecule is N.O.O=[P-]=O.O=[P-]=O.[Mg+2]. The monoisotopic (exact) mass is 185 g/mol. The van der Waals surface area contributed by atoms with Crippen molar-refractivity contribution in [2.45, 2.75) is 0 Å². The molecule has 0 saturated carbocycles. The van der Waals surface area contributed by atoms with Crippen LogP contribution in [0.1, 0.15) is 0 Å². The van der Waals surface area contributed by atoms with E-state index in [2.05, 4.69) is 0 Å². The molecule has 0 aromatic heterocycles. The first-order valence-electron chi connectivity index (χ1n) is 0.730. The summed E-state index contributed by atoms with van der Waals surface area (Å²) in [5.74, 6) is 0. The normalized spacial score (nSPS) is 2.67. The minimum atomic E-state index is -1.08. The van der Waals surface area contributed by atoms with Crippen molar-refractivity contribution in [3.8, 4) is 0 Å². The third kappa shape index (κ3) is 1510. The number of hydrogen-bond acceptors (Lipinski definition) is 5. The summed E-state index contributed by atoms with van der Waals surface area (Å²) in [6.07, 6.45) is 0. The van der Waals surface area contributed by atoms with Crippen LogP contribution in [-0.4, -0.2) is 28.5 Å². The van der Waals surface area contributed by atoms with Crippen LogP contribution in [0.2, 0.25) is 0 Å². The third-order valence-electron chi connectivity index (χ3n) is 0. The number of hydrogen-bond donors (Lipinski definition) is 1. The van der Waals surface area contributed by atoms with Crippen LogP contribution in [0, 0.1) is 0 Å². The largest absolute Gasteiger partial charge is 2.00 e. The fourth-order valence-electron chi connectivity index (χ4n) is 0. The third-order valence-corrected chi connectivity index (χ3v) is 0. The van der Waals surface area contributed by atoms with Gasteiger partial charge in [-0.05, 0) is 0 Å². The van der Waals surface area contributed by atoms with Crippen LogP contribution in [0.15, 0.2) is 0 Å². The zero-order chi connectivity index (χ0) is 5.41. The molecule has 9 heavy (non-hydrogen) atoms. The minimum absolute atomic E-state index is 0. The Bertz CT molecular complexity index is 69.0. The van der Waals surface area contributed by atoms with E-state index in [4.69, 9.17) is 18.3 Å². The molecule has 0 heterocycles. The van der Waals surface area contributed by atoms with Crippen LogP contribution < -0.4 is 6.15 Å². The van der Waals surface area contributed by atoms with Crippen LogP contribution in [-0.2, 0) is 18.3 Å². The Labute approximate surface area is 69.9 Å². The van der Waals surface area contributed by atoms with Crippen molar-refractivity contribution in [3.63, 3.8) is 0 Å². The standard InChI is InChI=1S/Mg.H3N.2O2P.H2O/c;;2*1-3-2;/h;1H3;;;1H2/q+2;;2*-1;. The van der Waals surface area contributed by atoms with Gasteiger partial charge in [0.2, 0.25) is 0 Å². The molecule has 0 amide bonds. The fraction of sp³-hybridized carbons (Fsp3) is 0. The molecule has 0 aliphatic rings. The van der Waals surface area contributed by atoms with Gasteiger partial charge in [-0.3, -0.25) is 0 Å². The van der Waals surface area contributed by atoms with E-state index in [1.165, 1.54) is 0 Å². The molecule has 0 atom stereocenters. The quantitative estimate of drug-likeness (QED) is 0.425. The molecule has 0 bridgehead atoms. The molecule has 9 heteroatoms. The van der Waals surface area contributed by atoms with Crippen molar-refractivity contribution in [1.82, 2.24) is 6.15 Å². The molecule has 0 spiro atoms. The Kier molecular flexibility index (Phi) is 290. The Hall–Kier alpha value is 0.486. The Morgan fingerprint density at radius 1 is 0.778 bits per heavy atom. The van der Waals surface area contributed by atoms with Crippen LogP contribution in [0.4, 0.5) is 0 Å². The van der Waals surface area contributed by atoms with Crippen LogP contribution in [0.5, 0.6) is 0 Å². The molecule has 0 fully saturated rings. The van der Waals surface area contributed by atoms with E-state index in [1.807, 2.05) is 0 Å². The van der Waals surface area contributed by atoms with Gasteiger partial charge < -0.3 is 29.9 Å². The van der Waals surface area contributed by atoms with Gasteiger partial charge in [0.1, 0.15) is 0 Å². The summed E-state index contributed by atoms with van der Waals surface area (Å²) in [4.78, 5) is 0. The average Bonchev–Trinajstić information content (AvgIpc) is 1.39. The summed E-state index contributed by atoms with van der Waals surface area (Å²) in [7, 11) is -2.17. The van der Waals surface area contributed by atoms with Crippen molar-refractivity contribution in [3.05, 3.63) is 0 Å². The van der Waals surface area contributed by atoms with Gasteiger partial charge >= 0.3 is 23.1 Å². The topological polar surface area (TPSA) is 135 Å². The molecule has 5 N–H and O–H groups in total. The Balaban J connectivity index is -0.00000000889. The maximum Gasteiger partial charge on any atom is 2.00 e. The first-order valence-corrected chi connectivity index (χ1v) is 2.19. The molecule has 0 rings (SSSR count). The van der Waals surface area contributed by atoms with Gasteiger partial charge in [0.05, 0.1) is 0 Å². The zero-order valence-corrected chi connectivity index (χ0v) is 7.64. The van der Waals surface area contributed by atoms with E-state index in [0.29, 0.717) is 0 Å². The second-order valence-corrected chi connectivity index (χ2v) is 0.447. The van der Waals surface area contributed by atoms with Crippen LogP contribution >= 0.6 is 16.7 Å². The molecule has 0 radical (unpaired) electrons. The molecule has 6 nitrogen and oxygen atoms in total. The van der Waals surface area contributed by atoms with Gasteiger partial charge in [-0.2, -0.15) is 0 Å². The molecular weight excluding hydrogens is 180 g/mol. The van der Waals surface area contributed by atoms with E-state index in [-0.39, 0.29) is 34.7 Å². The predicted octanol–water partition coefficient (Wildman–Crippen LogP) is 0.204. The molecule has 0 aromatic rings. The fourth-order valence-corrected chi connectivity index (χ4v) is 0. The molecule has 0 aliphatic carbocycles. The van der Waals surface area contributed by atoms with Gasteiger partial charge in [-0.25, -0.2) is 0 Å². The number of rotatable bonds is 0. The van der Waals surface area contributed by atoms with Crippen LogP contribution in [0.3, 0.4) is 0 Å². The first kappa shape index (κ1) is 33.9. The minimum Gasteiger partial charge on any atom is -0.474 e. The first-order chi connectivity index (χ1) is 2.83. The van der Waals surface area contributed by atoms with Crippen molar-refractivity contribution in [1.29, 1.82) is 0 Å². The second-order valence-electron chi connectivity index (χ2n) is 0.149. The van der Waals surface area contributed by atoms with Gasteiger partial charge in [0, 0.05) is 0 Å². The van der Waals surface area contributed by atoms with Crippen molar-refractivity contribution < 1.29 is 23.7 Å². The summed E-state index contributed by atoms with van der Waals surface area (Å²) in [5.41, 5.74) is 0. The van der Waals surface area contributed by atoms with E-state index in [9.17, 15) is 0 Å². The van der Waals surface area contributed by atoms with Gasteiger partial charge in [0.15, 0.2) is 0 Å². The van der Waals surface area contributed by atoms with Gasteiger partial charge in [-0.1, -0.05) is 16.7 Å². The van der Waals surface area contributed by atoms with E-state index >= 15 is 0 Å². The average molecular weight is 185 g/mol. The summed E-state index contributed by atoms with van der Waals surface area (Å²) in [6, 6.07) is 0. The molecule has 52 valence electrons. The predicted molar refractivity (Wildman–Crippen MR) is 31.0 cm³/mol. The van der Waals surface area contributed by atoms with Gasteiger partial charge in [0.25, 0.3) is 0 Å². The molecule has 0 saturated heterocycles. The summed E-state index contributed by atoms with van der Waals surface area (Å²) < 4.78 is 33.4. The Morgan fingerprint density at radius 3 is 0.778 bits per heavy atom. The van der Waals surface area contributed by atoms with Crippen molar-refractivity contribution in [2.24, 2.45) is 0 Å². The molecular formula is H5MgNO5P2. The zero-order valence-electron chi connectivity index (χ0n) is 4.44. The molecule has 0 aromatic carbocycles. The van der Waals surface area contributed by atoms with Crippen molar-refractivity contribution in [2.75, 3.05) is 0 Å². The maximum absolute atomic E-state index is 8.35. The molecule has 0 unspecified atom stereocenters. The summed E-state index contributed by atoms with van der Waals surface area (Å²) >= 11 is 0. The van der Waals surface area contributed by atoms with Crippen LogP contribution in [0.25, 0.3) is 0 Å². The van der Waals surface area contributed by atoms with E-state index < -0.39 is 16.7 Å². The Morgan fingerprint density at radius 2 is 0.778 bits per heavy atom. The summed E-state index contributed by atoms with van der Waals surface area (Å²) in [6.45, 7) is 0. The van der Waals surface area contributed by atoms with Gasteiger partial charge in [-0.15, -0.1) is 0 Å². The van der Waals surface area contributed by atoms with E-state index in [0.717, 1.165) is 0 Å². The maximum atomic E-state index is 8.35. The molecule has 0 aliphatic heterocycles. The van der Waals surface area contributed by atoms with E-state index in [1.54, 1.807) is 0 Å². The smallest absolute Gasteiger partial charge is 0.474 e.